The van der Waals surface area contributed by atoms with E-state index in [0.29, 0.717) is 22.9 Å². The fourth-order valence-corrected chi connectivity index (χ4v) is 3.05. The lowest BCUT2D eigenvalue weighted by Crippen LogP contribution is -2.54. The van der Waals surface area contributed by atoms with Gasteiger partial charge in [0.1, 0.15) is 11.3 Å². The van der Waals surface area contributed by atoms with E-state index in [4.69, 9.17) is 9.84 Å². The number of imide groups is 2. The molecule has 0 bridgehead atoms. The molecule has 4 amide bonds. The van der Waals surface area contributed by atoms with Crippen molar-refractivity contribution in [3.8, 4) is 5.75 Å². The number of benzene rings is 2. The standard InChI is InChI=1S/C23H22N2O6/c1-3-14(2)16-6-8-17(9-7-16)25-22(29)19(21(28)24-23(25)30)12-15-4-10-18(11-5-15)31-13-20(26)27/h4-12,14H,3,13H2,1-2H3,(H,26,27)(H,24,28,30)/b19-12+/t14-/m0/s1. The van der Waals surface area contributed by atoms with Crippen LogP contribution in [0.3, 0.4) is 0 Å². The second kappa shape index (κ2) is 9.25. The zero-order valence-corrected chi connectivity index (χ0v) is 17.1. The van der Waals surface area contributed by atoms with Crippen molar-refractivity contribution < 1.29 is 29.0 Å². The fourth-order valence-electron chi connectivity index (χ4n) is 3.05. The van der Waals surface area contributed by atoms with E-state index in [-0.39, 0.29) is 5.57 Å². The molecule has 1 heterocycles. The zero-order chi connectivity index (χ0) is 22.5. The molecule has 2 N–H and O–H groups in total. The fraction of sp³-hybridized carbons (Fsp3) is 0.217. The van der Waals surface area contributed by atoms with Crippen LogP contribution in [0.4, 0.5) is 10.5 Å². The topological polar surface area (TPSA) is 113 Å². The van der Waals surface area contributed by atoms with Crippen LogP contribution in [-0.2, 0) is 14.4 Å². The van der Waals surface area contributed by atoms with Gasteiger partial charge in [0, 0.05) is 0 Å². The molecular weight excluding hydrogens is 400 g/mol. The number of aliphatic carboxylic acids is 1. The average molecular weight is 422 g/mol. The average Bonchev–Trinajstić information content (AvgIpc) is 2.75. The number of amides is 4. The van der Waals surface area contributed by atoms with E-state index in [9.17, 15) is 19.2 Å². The van der Waals surface area contributed by atoms with Crippen molar-refractivity contribution in [2.24, 2.45) is 0 Å². The van der Waals surface area contributed by atoms with Gasteiger partial charge >= 0.3 is 12.0 Å². The highest BCUT2D eigenvalue weighted by Gasteiger charge is 2.36. The molecule has 0 unspecified atom stereocenters. The molecule has 1 fully saturated rings. The molecule has 1 atom stereocenters. The summed E-state index contributed by atoms with van der Waals surface area (Å²) in [5, 5.41) is 10.8. The van der Waals surface area contributed by atoms with Crippen LogP contribution in [0.15, 0.2) is 54.1 Å². The van der Waals surface area contributed by atoms with Crippen LogP contribution in [-0.4, -0.2) is 35.5 Å². The largest absolute Gasteiger partial charge is 0.482 e. The highest BCUT2D eigenvalue weighted by Crippen LogP contribution is 2.26. The van der Waals surface area contributed by atoms with Gasteiger partial charge in [0.25, 0.3) is 11.8 Å². The van der Waals surface area contributed by atoms with Crippen molar-refractivity contribution in [1.29, 1.82) is 0 Å². The van der Waals surface area contributed by atoms with Gasteiger partial charge in [-0.1, -0.05) is 38.1 Å². The Morgan fingerprint density at radius 1 is 1.10 bits per heavy atom. The zero-order valence-electron chi connectivity index (χ0n) is 17.1. The Balaban J connectivity index is 1.84. The second-order valence-electron chi connectivity index (χ2n) is 7.11. The molecule has 1 aliphatic heterocycles. The maximum absolute atomic E-state index is 13.0. The molecule has 0 saturated carbocycles. The molecule has 2 aromatic carbocycles. The highest BCUT2D eigenvalue weighted by atomic mass is 16.5. The molecule has 1 saturated heterocycles. The van der Waals surface area contributed by atoms with E-state index >= 15 is 0 Å². The van der Waals surface area contributed by atoms with E-state index in [0.717, 1.165) is 16.9 Å². The van der Waals surface area contributed by atoms with E-state index < -0.39 is 30.4 Å². The molecule has 31 heavy (non-hydrogen) atoms. The minimum Gasteiger partial charge on any atom is -0.482 e. The molecular formula is C23H22N2O6. The maximum Gasteiger partial charge on any atom is 0.341 e. The lowest BCUT2D eigenvalue weighted by atomic mass is 9.98. The number of ether oxygens (including phenoxy) is 1. The molecule has 160 valence electrons. The number of carboxylic acids is 1. The molecule has 0 aliphatic carbocycles. The number of barbiturate groups is 1. The Hall–Kier alpha value is -3.94. The van der Waals surface area contributed by atoms with Gasteiger partial charge in [0.15, 0.2) is 6.61 Å². The normalized spacial score (nSPS) is 16.3. The van der Waals surface area contributed by atoms with E-state index in [1.165, 1.54) is 18.2 Å². The Kier molecular flexibility index (Phi) is 6.49. The van der Waals surface area contributed by atoms with Gasteiger partial charge in [-0.25, -0.2) is 14.5 Å². The van der Waals surface area contributed by atoms with E-state index in [1.807, 2.05) is 12.1 Å². The minimum absolute atomic E-state index is 0.190. The lowest BCUT2D eigenvalue weighted by Gasteiger charge is -2.26. The number of anilines is 1. The van der Waals surface area contributed by atoms with Crippen molar-refractivity contribution in [1.82, 2.24) is 5.32 Å². The third kappa shape index (κ3) is 4.98. The first-order valence-corrected chi connectivity index (χ1v) is 9.76. The smallest absolute Gasteiger partial charge is 0.341 e. The van der Waals surface area contributed by atoms with Crippen LogP contribution < -0.4 is 15.0 Å². The molecule has 2 aromatic rings. The lowest BCUT2D eigenvalue weighted by molar-refractivity contribution is -0.139. The summed E-state index contributed by atoms with van der Waals surface area (Å²) in [5.41, 5.74) is 1.78. The Morgan fingerprint density at radius 2 is 1.74 bits per heavy atom. The molecule has 8 heteroatoms. The molecule has 3 rings (SSSR count). The number of urea groups is 1. The number of nitrogens with one attached hydrogen (secondary N) is 1. The Morgan fingerprint density at radius 3 is 2.32 bits per heavy atom. The van der Waals surface area contributed by atoms with Crippen molar-refractivity contribution in [3.05, 3.63) is 65.2 Å². The van der Waals surface area contributed by atoms with Crippen LogP contribution in [0.25, 0.3) is 6.08 Å². The molecule has 0 aromatic heterocycles. The van der Waals surface area contributed by atoms with E-state index in [2.05, 4.69) is 19.2 Å². The predicted octanol–water partition coefficient (Wildman–Crippen LogP) is 3.33. The van der Waals surface area contributed by atoms with Gasteiger partial charge in [0.05, 0.1) is 5.69 Å². The number of carbonyl (C=O) groups excluding carboxylic acids is 3. The number of hydrogen-bond acceptors (Lipinski definition) is 5. The van der Waals surface area contributed by atoms with Crippen LogP contribution in [0, 0.1) is 0 Å². The SMILES string of the molecule is CC[C@H](C)c1ccc(N2C(=O)NC(=O)/C(=C\c3ccc(OCC(=O)O)cc3)C2=O)cc1. The first-order chi connectivity index (χ1) is 14.8. The number of carbonyl (C=O) groups is 4. The van der Waals surface area contributed by atoms with E-state index in [1.54, 1.807) is 24.3 Å². The maximum atomic E-state index is 13.0. The van der Waals surface area contributed by atoms with Gasteiger partial charge in [-0.05, 0) is 53.8 Å². The number of nitrogens with zero attached hydrogens (tertiary/aromatic N) is 1. The molecule has 1 aliphatic rings. The van der Waals surface area contributed by atoms with Crippen molar-refractivity contribution in [2.45, 2.75) is 26.2 Å². The van der Waals surface area contributed by atoms with Crippen LogP contribution in [0.5, 0.6) is 5.75 Å². The minimum atomic E-state index is -1.10. The monoisotopic (exact) mass is 422 g/mol. The predicted molar refractivity (Wildman–Crippen MR) is 114 cm³/mol. The Bertz CT molecular complexity index is 1040. The summed E-state index contributed by atoms with van der Waals surface area (Å²) in [5.74, 6) is -1.93. The van der Waals surface area contributed by atoms with Gasteiger partial charge in [-0.3, -0.25) is 14.9 Å². The van der Waals surface area contributed by atoms with Crippen molar-refractivity contribution in [2.75, 3.05) is 11.5 Å². The summed E-state index contributed by atoms with van der Waals surface area (Å²) in [6.07, 6.45) is 2.33. The van der Waals surface area contributed by atoms with Gasteiger partial charge in [-0.15, -0.1) is 0 Å². The third-order valence-electron chi connectivity index (χ3n) is 4.99. The van der Waals surface area contributed by atoms with Crippen molar-refractivity contribution >= 4 is 35.6 Å². The van der Waals surface area contributed by atoms with Crippen molar-refractivity contribution in [3.63, 3.8) is 0 Å². The number of carboxylic acid groups (broad SMARTS) is 1. The van der Waals surface area contributed by atoms with Crippen LogP contribution >= 0.6 is 0 Å². The summed E-state index contributed by atoms with van der Waals surface area (Å²) in [6, 6.07) is 12.5. The Labute approximate surface area is 179 Å². The number of rotatable bonds is 7. The van der Waals surface area contributed by atoms with Gasteiger partial charge in [-0.2, -0.15) is 0 Å². The third-order valence-corrected chi connectivity index (χ3v) is 4.99. The van der Waals surface area contributed by atoms with Crippen LogP contribution in [0.2, 0.25) is 0 Å². The summed E-state index contributed by atoms with van der Waals surface area (Å²) in [7, 11) is 0. The molecule has 8 nitrogen and oxygen atoms in total. The number of hydrogen-bond donors (Lipinski definition) is 2. The summed E-state index contributed by atoms with van der Waals surface area (Å²) >= 11 is 0. The molecule has 0 radical (unpaired) electrons. The van der Waals surface area contributed by atoms with Crippen LogP contribution in [0.1, 0.15) is 37.3 Å². The van der Waals surface area contributed by atoms with Gasteiger partial charge < -0.3 is 9.84 Å². The summed E-state index contributed by atoms with van der Waals surface area (Å²) in [4.78, 5) is 49.1. The first kappa shape index (κ1) is 21.8. The summed E-state index contributed by atoms with van der Waals surface area (Å²) in [6.45, 7) is 3.69. The first-order valence-electron chi connectivity index (χ1n) is 9.76. The van der Waals surface area contributed by atoms with Gasteiger partial charge in [0.2, 0.25) is 0 Å². The second-order valence-corrected chi connectivity index (χ2v) is 7.11. The quantitative estimate of drug-likeness (QED) is 0.523. The highest BCUT2D eigenvalue weighted by molar-refractivity contribution is 6.39. The summed E-state index contributed by atoms with van der Waals surface area (Å²) < 4.78 is 5.06. The molecule has 0 spiro atoms.